The molecule has 0 atom stereocenters. The molecular weight excluding hydrogens is 274 g/mol. The van der Waals surface area contributed by atoms with Crippen LogP contribution < -0.4 is 15.2 Å². The van der Waals surface area contributed by atoms with Crippen molar-refractivity contribution < 1.29 is 14.3 Å². The molecule has 86 valence electrons. The first-order chi connectivity index (χ1) is 7.74. The minimum atomic E-state index is -0.0308. The van der Waals surface area contributed by atoms with E-state index in [0.29, 0.717) is 43.2 Å². The molecule has 4 nitrogen and oxygen atoms in total. The van der Waals surface area contributed by atoms with Gasteiger partial charge in [-0.1, -0.05) is 0 Å². The van der Waals surface area contributed by atoms with Gasteiger partial charge < -0.3 is 15.2 Å². The zero-order chi connectivity index (χ0) is 11.5. The molecule has 0 radical (unpaired) electrons. The highest BCUT2D eigenvalue weighted by Crippen LogP contribution is 2.38. The van der Waals surface area contributed by atoms with Gasteiger partial charge in [0, 0.05) is 10.9 Å². The lowest BCUT2D eigenvalue weighted by molar-refractivity contribution is 0.0973. The van der Waals surface area contributed by atoms with E-state index in [-0.39, 0.29) is 5.78 Å². The Balaban J connectivity index is 2.45. The van der Waals surface area contributed by atoms with Gasteiger partial charge in [-0.25, -0.2) is 0 Å². The summed E-state index contributed by atoms with van der Waals surface area (Å²) in [4.78, 5) is 11.9. The highest BCUT2D eigenvalue weighted by molar-refractivity contribution is 9.10. The fourth-order valence-corrected chi connectivity index (χ4v) is 2.14. The van der Waals surface area contributed by atoms with Crippen LogP contribution in [0.3, 0.4) is 0 Å². The molecule has 1 aromatic carbocycles. The summed E-state index contributed by atoms with van der Waals surface area (Å²) in [5.41, 5.74) is 5.91. The third kappa shape index (κ3) is 2.05. The summed E-state index contributed by atoms with van der Waals surface area (Å²) in [7, 11) is 0. The van der Waals surface area contributed by atoms with Crippen molar-refractivity contribution in [3.05, 3.63) is 22.2 Å². The van der Waals surface area contributed by atoms with Crippen molar-refractivity contribution in [2.45, 2.75) is 6.42 Å². The number of hydrogen-bond donors (Lipinski definition) is 1. The second-order valence-electron chi connectivity index (χ2n) is 3.41. The Morgan fingerprint density at radius 2 is 2.12 bits per heavy atom. The highest BCUT2D eigenvalue weighted by atomic mass is 79.9. The van der Waals surface area contributed by atoms with E-state index < -0.39 is 0 Å². The number of nitrogens with two attached hydrogens (primary N) is 1. The third-order valence-corrected chi connectivity index (χ3v) is 2.97. The van der Waals surface area contributed by atoms with Gasteiger partial charge in [0.15, 0.2) is 17.3 Å². The van der Waals surface area contributed by atoms with Gasteiger partial charge in [0.2, 0.25) is 0 Å². The summed E-state index contributed by atoms with van der Waals surface area (Å²) in [6.45, 7) is 1.31. The van der Waals surface area contributed by atoms with Crippen LogP contribution in [0, 0.1) is 0 Å². The second-order valence-corrected chi connectivity index (χ2v) is 4.26. The summed E-state index contributed by atoms with van der Waals surface area (Å²) in [6, 6.07) is 3.58. The SMILES string of the molecule is NCCC(=O)c1c(Br)ccc2c1OCCO2. The fraction of sp³-hybridized carbons (Fsp3) is 0.364. The Hall–Kier alpha value is -1.07. The largest absolute Gasteiger partial charge is 0.486 e. The number of carbonyl (C=O) groups is 1. The molecule has 0 aromatic heterocycles. The number of benzene rings is 1. The highest BCUT2D eigenvalue weighted by Gasteiger charge is 2.22. The van der Waals surface area contributed by atoms with E-state index in [2.05, 4.69) is 15.9 Å². The van der Waals surface area contributed by atoms with Crippen molar-refractivity contribution in [2.24, 2.45) is 5.73 Å². The molecule has 2 N–H and O–H groups in total. The van der Waals surface area contributed by atoms with Gasteiger partial charge in [0.1, 0.15) is 13.2 Å². The van der Waals surface area contributed by atoms with Crippen LogP contribution in [0.15, 0.2) is 16.6 Å². The van der Waals surface area contributed by atoms with Gasteiger partial charge in [-0.2, -0.15) is 0 Å². The lowest BCUT2D eigenvalue weighted by atomic mass is 10.1. The summed E-state index contributed by atoms with van der Waals surface area (Å²) in [6.07, 6.45) is 0.304. The minimum Gasteiger partial charge on any atom is -0.486 e. The molecule has 5 heteroatoms. The molecular formula is C11H12BrNO3. The standard InChI is InChI=1S/C11H12BrNO3/c12-7-1-2-9-11(16-6-5-15-9)10(7)8(14)3-4-13/h1-2H,3-6,13H2. The number of rotatable bonds is 3. The van der Waals surface area contributed by atoms with E-state index in [1.807, 2.05) is 0 Å². The first-order valence-electron chi connectivity index (χ1n) is 5.05. The van der Waals surface area contributed by atoms with Crippen LogP contribution in [0.5, 0.6) is 11.5 Å². The van der Waals surface area contributed by atoms with Crippen LogP contribution >= 0.6 is 15.9 Å². The first-order valence-corrected chi connectivity index (χ1v) is 5.84. The molecule has 0 bridgehead atoms. The van der Waals surface area contributed by atoms with E-state index in [4.69, 9.17) is 15.2 Å². The van der Waals surface area contributed by atoms with Crippen molar-refractivity contribution in [1.82, 2.24) is 0 Å². The number of Topliss-reactive ketones (excluding diaryl/α,β-unsaturated/α-hetero) is 1. The topological polar surface area (TPSA) is 61.6 Å². The number of ketones is 1. The normalized spacial score (nSPS) is 13.6. The quantitative estimate of drug-likeness (QED) is 0.860. The van der Waals surface area contributed by atoms with E-state index in [9.17, 15) is 4.79 Å². The van der Waals surface area contributed by atoms with Crippen LogP contribution in [0.1, 0.15) is 16.8 Å². The molecule has 0 fully saturated rings. The van der Waals surface area contributed by atoms with Crippen molar-refractivity contribution in [2.75, 3.05) is 19.8 Å². The smallest absolute Gasteiger partial charge is 0.173 e. The number of fused-ring (bicyclic) bond motifs is 1. The third-order valence-electron chi connectivity index (χ3n) is 2.31. The number of ether oxygens (including phenoxy) is 2. The molecule has 0 spiro atoms. The van der Waals surface area contributed by atoms with Gasteiger partial charge in [0.25, 0.3) is 0 Å². The molecule has 2 rings (SSSR count). The van der Waals surface area contributed by atoms with Crippen LogP contribution in [0.4, 0.5) is 0 Å². The molecule has 1 heterocycles. The molecule has 1 aliphatic heterocycles. The number of hydrogen-bond acceptors (Lipinski definition) is 4. The number of carbonyl (C=O) groups excluding carboxylic acids is 1. The number of halogens is 1. The van der Waals surface area contributed by atoms with Crippen LogP contribution in [-0.4, -0.2) is 25.5 Å². The second kappa shape index (κ2) is 4.84. The van der Waals surface area contributed by atoms with E-state index in [0.717, 1.165) is 4.47 Å². The average molecular weight is 286 g/mol. The van der Waals surface area contributed by atoms with Gasteiger partial charge in [0.05, 0.1) is 5.56 Å². The molecule has 0 saturated carbocycles. The average Bonchev–Trinajstić information content (AvgIpc) is 2.29. The molecule has 16 heavy (non-hydrogen) atoms. The van der Waals surface area contributed by atoms with E-state index >= 15 is 0 Å². The Morgan fingerprint density at radius 3 is 2.88 bits per heavy atom. The van der Waals surface area contributed by atoms with E-state index in [1.54, 1.807) is 12.1 Å². The predicted octanol–water partition coefficient (Wildman–Crippen LogP) is 1.75. The molecule has 0 amide bonds. The van der Waals surface area contributed by atoms with Crippen LogP contribution in [0.2, 0.25) is 0 Å². The molecule has 1 aliphatic rings. The Bertz CT molecular complexity index is 420. The fourth-order valence-electron chi connectivity index (χ4n) is 1.61. The molecule has 0 aliphatic carbocycles. The van der Waals surface area contributed by atoms with Crippen molar-refractivity contribution in [3.63, 3.8) is 0 Å². The summed E-state index contributed by atoms with van der Waals surface area (Å²) < 4.78 is 11.6. The first kappa shape index (κ1) is 11.4. The summed E-state index contributed by atoms with van der Waals surface area (Å²) in [5.74, 6) is 1.12. The van der Waals surface area contributed by atoms with E-state index in [1.165, 1.54) is 0 Å². The summed E-state index contributed by atoms with van der Waals surface area (Å²) >= 11 is 3.35. The minimum absolute atomic E-state index is 0.0308. The van der Waals surface area contributed by atoms with Crippen molar-refractivity contribution in [1.29, 1.82) is 0 Å². The van der Waals surface area contributed by atoms with Crippen LogP contribution in [0.25, 0.3) is 0 Å². The molecule has 0 saturated heterocycles. The molecule has 1 aromatic rings. The maximum Gasteiger partial charge on any atom is 0.173 e. The Labute approximate surface area is 102 Å². The lowest BCUT2D eigenvalue weighted by Gasteiger charge is -2.21. The zero-order valence-electron chi connectivity index (χ0n) is 8.66. The van der Waals surface area contributed by atoms with Crippen molar-refractivity contribution in [3.8, 4) is 11.5 Å². The monoisotopic (exact) mass is 285 g/mol. The molecule has 0 unspecified atom stereocenters. The lowest BCUT2D eigenvalue weighted by Crippen LogP contribution is -2.19. The van der Waals surface area contributed by atoms with Crippen LogP contribution in [-0.2, 0) is 0 Å². The maximum absolute atomic E-state index is 11.9. The van der Waals surface area contributed by atoms with Gasteiger partial charge >= 0.3 is 0 Å². The van der Waals surface area contributed by atoms with Gasteiger partial charge in [-0.05, 0) is 34.6 Å². The van der Waals surface area contributed by atoms with Gasteiger partial charge in [-0.15, -0.1) is 0 Å². The zero-order valence-corrected chi connectivity index (χ0v) is 10.2. The summed E-state index contributed by atoms with van der Waals surface area (Å²) in [5, 5.41) is 0. The van der Waals surface area contributed by atoms with Crippen molar-refractivity contribution >= 4 is 21.7 Å². The Kier molecular flexibility index (Phi) is 3.46. The Morgan fingerprint density at radius 1 is 1.38 bits per heavy atom. The van der Waals surface area contributed by atoms with Gasteiger partial charge in [-0.3, -0.25) is 4.79 Å². The predicted molar refractivity (Wildman–Crippen MR) is 63.1 cm³/mol. The maximum atomic E-state index is 11.9.